The smallest absolute Gasteiger partial charge is 0.00133 e. The van der Waals surface area contributed by atoms with Crippen LogP contribution in [0.3, 0.4) is 0 Å². The van der Waals surface area contributed by atoms with Crippen LogP contribution in [-0.4, -0.2) is 0 Å². The maximum atomic E-state index is 2.34. The van der Waals surface area contributed by atoms with Crippen LogP contribution >= 0.6 is 0 Å². The Labute approximate surface area is 444 Å². The van der Waals surface area contributed by atoms with Gasteiger partial charge in [0.2, 0.25) is 0 Å². The summed E-state index contributed by atoms with van der Waals surface area (Å²) in [7, 11) is 0. The summed E-state index contributed by atoms with van der Waals surface area (Å²) in [6.07, 6.45) is 20.2. The number of benzene rings is 8. The molecule has 0 spiro atoms. The van der Waals surface area contributed by atoms with E-state index in [0.29, 0.717) is 0 Å². The molecule has 6 aliphatic rings. The molecule has 0 bridgehead atoms. The lowest BCUT2D eigenvalue weighted by Gasteiger charge is -2.08. The SMILES string of the molecule is CC1=C(C)c2ccccc2C1.Cc1cc2c(cc1C)-c1ccccc1C2.Cc1cc2c(cc1C)=CCC=2.Cc1cc2c(cc1C)CC=C2.Cc1ccc2c(c1C)-c1ccccc1C2.Cc1ccc2c(c1C)C=CC2. The van der Waals surface area contributed by atoms with E-state index in [1.165, 1.54) is 155 Å². The molecule has 0 unspecified atom stereocenters. The molecule has 0 saturated carbocycles. The van der Waals surface area contributed by atoms with Crippen LogP contribution in [0.5, 0.6) is 0 Å². The summed E-state index contributed by atoms with van der Waals surface area (Å²) in [6.45, 7) is 26.3. The third kappa shape index (κ3) is 11.1. The molecule has 0 aromatic heterocycles. The number of hydrogen-bond acceptors (Lipinski definition) is 0. The largest absolute Gasteiger partial charge is 0.0795 e. The second kappa shape index (κ2) is 22.5. The molecule has 0 heteroatoms. The van der Waals surface area contributed by atoms with Gasteiger partial charge in [-0.2, -0.15) is 0 Å². The lowest BCUT2D eigenvalue weighted by Crippen LogP contribution is -2.21. The van der Waals surface area contributed by atoms with E-state index in [9.17, 15) is 0 Å². The Bertz CT molecular complexity index is 3630. The molecule has 8 aromatic rings. The van der Waals surface area contributed by atoms with E-state index in [-0.39, 0.29) is 0 Å². The van der Waals surface area contributed by atoms with Crippen molar-refractivity contribution in [2.24, 2.45) is 0 Å². The topological polar surface area (TPSA) is 0 Å². The van der Waals surface area contributed by atoms with Gasteiger partial charge in [0, 0.05) is 0 Å². The van der Waals surface area contributed by atoms with Gasteiger partial charge in [-0.15, -0.1) is 0 Å². The first-order valence-electron chi connectivity index (χ1n) is 27.1. The summed E-state index contributed by atoms with van der Waals surface area (Å²) in [6, 6.07) is 48.9. The number of hydrogen-bond donors (Lipinski definition) is 0. The van der Waals surface area contributed by atoms with Crippen molar-refractivity contribution in [3.8, 4) is 22.3 Å². The fourth-order valence-electron chi connectivity index (χ4n) is 11.3. The van der Waals surface area contributed by atoms with E-state index in [1.54, 1.807) is 0 Å². The predicted octanol–water partition coefficient (Wildman–Crippen LogP) is 17.8. The monoisotopic (exact) mass is 965 g/mol. The van der Waals surface area contributed by atoms with Gasteiger partial charge in [-0.3, -0.25) is 0 Å². The molecule has 0 saturated heterocycles. The summed E-state index contributed by atoms with van der Waals surface area (Å²) in [5, 5.41) is 2.82. The molecule has 0 nitrogen and oxygen atoms in total. The number of fused-ring (bicyclic) bond motifs is 10. The van der Waals surface area contributed by atoms with Crippen LogP contribution in [0.25, 0.3) is 52.1 Å². The summed E-state index contributed by atoms with van der Waals surface area (Å²) in [5.74, 6) is 0. The average Bonchev–Trinajstić information content (AvgIpc) is 4.28. The number of rotatable bonds is 0. The Morgan fingerprint density at radius 3 is 1.47 bits per heavy atom. The quantitative estimate of drug-likeness (QED) is 0.142. The maximum absolute atomic E-state index is 2.34. The number of allylic oxidation sites excluding steroid dienone is 4. The molecular formula is C74H76. The van der Waals surface area contributed by atoms with E-state index in [4.69, 9.17) is 0 Å². The van der Waals surface area contributed by atoms with Crippen molar-refractivity contribution >= 4 is 29.9 Å². The minimum atomic E-state index is 1.10. The van der Waals surface area contributed by atoms with Gasteiger partial charge in [0.05, 0.1) is 0 Å². The minimum absolute atomic E-state index is 1.10. The lowest BCUT2D eigenvalue weighted by atomic mass is 9.97. The fraction of sp³-hybridized carbons (Fsp3) is 0.243. The molecule has 0 atom stereocenters. The first-order chi connectivity index (χ1) is 35.6. The van der Waals surface area contributed by atoms with E-state index in [1.807, 2.05) is 0 Å². The second-order valence-corrected chi connectivity index (χ2v) is 21.7. The zero-order valence-electron chi connectivity index (χ0n) is 46.4. The standard InChI is InChI=1S/2C15H14.4C11H12/c1-10-7-13-9-12-5-3-4-6-14(12)15(13)8-11(10)2;1-10-7-8-13-9-12-5-3-4-6-14(12)15(13)11(10)2;2*1-8-6-10-4-3-5-11(10)7-9(8)2;1-8-6-7-10-4-3-5-11(10)9(8)2;1-8-7-10-5-3-4-6-11(10)9(8)2/h2*3-8H,9H2,1-2H3;4-7H,3H2,1-2H3;3-4,6-7H,5H2,1-2H3;3,5-7H,4H2,1-2H3;3-6H,7H2,1-2H3. The second-order valence-electron chi connectivity index (χ2n) is 21.7. The van der Waals surface area contributed by atoms with Crippen LogP contribution in [0.1, 0.15) is 132 Å². The molecule has 14 rings (SSSR count). The van der Waals surface area contributed by atoms with Crippen molar-refractivity contribution in [2.45, 2.75) is 122 Å². The zero-order chi connectivity index (χ0) is 52.2. The highest BCUT2D eigenvalue weighted by Crippen LogP contribution is 2.40. The Morgan fingerprint density at radius 1 is 0.324 bits per heavy atom. The van der Waals surface area contributed by atoms with Gasteiger partial charge >= 0.3 is 0 Å². The van der Waals surface area contributed by atoms with Gasteiger partial charge in [0.15, 0.2) is 0 Å². The van der Waals surface area contributed by atoms with Crippen LogP contribution in [-0.2, 0) is 32.1 Å². The Kier molecular flexibility index (Phi) is 15.7. The van der Waals surface area contributed by atoms with Crippen molar-refractivity contribution < 1.29 is 0 Å². The summed E-state index contributed by atoms with van der Waals surface area (Å²) >= 11 is 0. The van der Waals surface area contributed by atoms with Gasteiger partial charge in [-0.05, 0) is 271 Å². The first kappa shape index (κ1) is 51.6. The molecule has 0 amide bonds. The fourth-order valence-corrected chi connectivity index (χ4v) is 11.3. The molecule has 0 fully saturated rings. The van der Waals surface area contributed by atoms with E-state index < -0.39 is 0 Å². The third-order valence-electron chi connectivity index (χ3n) is 16.7. The van der Waals surface area contributed by atoms with Crippen molar-refractivity contribution in [3.63, 3.8) is 0 Å². The maximum Gasteiger partial charge on any atom is -0.00133 e. The van der Waals surface area contributed by atoms with Crippen molar-refractivity contribution in [1.29, 1.82) is 0 Å². The molecule has 0 radical (unpaired) electrons. The van der Waals surface area contributed by atoms with Crippen LogP contribution in [0.2, 0.25) is 0 Å². The van der Waals surface area contributed by atoms with Crippen LogP contribution in [0.15, 0.2) is 151 Å². The molecule has 6 aliphatic carbocycles. The highest BCUT2D eigenvalue weighted by Gasteiger charge is 2.21. The molecule has 372 valence electrons. The van der Waals surface area contributed by atoms with E-state index in [2.05, 4.69) is 253 Å². The first-order valence-corrected chi connectivity index (χ1v) is 27.1. The van der Waals surface area contributed by atoms with Crippen molar-refractivity contribution in [2.75, 3.05) is 0 Å². The summed E-state index contributed by atoms with van der Waals surface area (Å²) < 4.78 is 0. The highest BCUT2D eigenvalue weighted by molar-refractivity contribution is 5.80. The van der Waals surface area contributed by atoms with Crippen LogP contribution in [0, 0.1) is 69.2 Å². The van der Waals surface area contributed by atoms with Gasteiger partial charge in [-0.1, -0.05) is 175 Å². The molecule has 0 aliphatic heterocycles. The summed E-state index contributed by atoms with van der Waals surface area (Å²) in [5.41, 5.74) is 37.5. The van der Waals surface area contributed by atoms with Gasteiger partial charge in [0.25, 0.3) is 0 Å². The van der Waals surface area contributed by atoms with E-state index >= 15 is 0 Å². The Balaban J connectivity index is 0.000000110. The van der Waals surface area contributed by atoms with Crippen molar-refractivity contribution in [3.05, 3.63) is 273 Å². The Hall–Kier alpha value is -7.28. The molecule has 0 heterocycles. The normalized spacial score (nSPS) is 13.4. The highest BCUT2D eigenvalue weighted by atomic mass is 14.2. The van der Waals surface area contributed by atoms with Crippen LogP contribution in [0.4, 0.5) is 0 Å². The molecule has 74 heavy (non-hydrogen) atoms. The zero-order valence-corrected chi connectivity index (χ0v) is 46.4. The molecule has 0 N–H and O–H groups in total. The van der Waals surface area contributed by atoms with Gasteiger partial charge < -0.3 is 0 Å². The average molecular weight is 965 g/mol. The third-order valence-corrected chi connectivity index (χ3v) is 16.7. The number of aryl methyl sites for hydroxylation is 8. The van der Waals surface area contributed by atoms with Crippen LogP contribution < -0.4 is 10.4 Å². The molecular weight excluding hydrogens is 889 g/mol. The van der Waals surface area contributed by atoms with Gasteiger partial charge in [-0.25, -0.2) is 0 Å². The van der Waals surface area contributed by atoms with Gasteiger partial charge in [0.1, 0.15) is 0 Å². The lowest BCUT2D eigenvalue weighted by molar-refractivity contribution is 1.19. The van der Waals surface area contributed by atoms with E-state index in [0.717, 1.165) is 38.5 Å². The predicted molar refractivity (Wildman–Crippen MR) is 323 cm³/mol. The Morgan fingerprint density at radius 2 is 0.811 bits per heavy atom. The summed E-state index contributed by atoms with van der Waals surface area (Å²) in [4.78, 5) is 0. The molecule has 8 aromatic carbocycles. The minimum Gasteiger partial charge on any atom is -0.0795 e. The van der Waals surface area contributed by atoms with Crippen molar-refractivity contribution in [1.82, 2.24) is 0 Å².